The number of nitrogens with zero attached hydrogens (tertiary/aromatic N) is 2. The molecule has 1 saturated heterocycles. The normalized spacial score (nSPS) is 14.8. The van der Waals surface area contributed by atoms with Crippen LogP contribution in [0.3, 0.4) is 0 Å². The quantitative estimate of drug-likeness (QED) is 0.704. The number of rotatable bonds is 4. The van der Waals surface area contributed by atoms with Gasteiger partial charge in [0.1, 0.15) is 5.75 Å². The third-order valence-electron chi connectivity index (χ3n) is 4.24. The maximum atomic E-state index is 9.32. The number of hydrogen-bond donors (Lipinski definition) is 3. The minimum absolute atomic E-state index is 0.339. The van der Waals surface area contributed by atoms with Gasteiger partial charge in [0.15, 0.2) is 0 Å². The molecule has 7 nitrogen and oxygen atoms in total. The summed E-state index contributed by atoms with van der Waals surface area (Å²) in [6.07, 6.45) is 0. The highest BCUT2D eigenvalue weighted by Crippen LogP contribution is 2.14. The van der Waals surface area contributed by atoms with Crippen molar-refractivity contribution in [1.29, 1.82) is 0 Å². The molecule has 7 heteroatoms. The van der Waals surface area contributed by atoms with Crippen molar-refractivity contribution in [2.24, 2.45) is 0 Å². The van der Waals surface area contributed by atoms with Gasteiger partial charge in [0, 0.05) is 39.3 Å². The second-order valence-corrected chi connectivity index (χ2v) is 6.31. The van der Waals surface area contributed by atoms with E-state index < -0.39 is 11.9 Å². The second kappa shape index (κ2) is 10.3. The fourth-order valence-electron chi connectivity index (χ4n) is 2.81. The van der Waals surface area contributed by atoms with Gasteiger partial charge in [-0.05, 0) is 23.3 Å². The Balaban J connectivity index is 0.000000380. The molecular formula is C20H24N2O5. The highest BCUT2D eigenvalue weighted by molar-refractivity contribution is 6.27. The Bertz CT molecular complexity index is 714. The topological polar surface area (TPSA) is 101 Å². The van der Waals surface area contributed by atoms with Crippen molar-refractivity contribution in [2.45, 2.75) is 13.1 Å². The standard InChI is InChI=1S/C18H22N2O.C2H2O4/c21-18-8-6-17(7-9-18)15-20-12-10-19(11-13-20)14-16-4-2-1-3-5-16;3-1(4)2(5)6/h1-9,21H,10-15H2;(H,3,4)(H,5,6). The van der Waals surface area contributed by atoms with E-state index in [4.69, 9.17) is 19.8 Å². The average molecular weight is 372 g/mol. The Morgan fingerprint density at radius 1 is 0.704 bits per heavy atom. The van der Waals surface area contributed by atoms with Crippen LogP contribution in [0, 0.1) is 0 Å². The third kappa shape index (κ3) is 7.47. The lowest BCUT2D eigenvalue weighted by Crippen LogP contribution is -2.45. The maximum absolute atomic E-state index is 9.32. The Hall–Kier alpha value is -2.90. The van der Waals surface area contributed by atoms with Crippen LogP contribution in [0.15, 0.2) is 54.6 Å². The lowest BCUT2D eigenvalue weighted by Gasteiger charge is -2.34. The molecule has 0 unspecified atom stereocenters. The summed E-state index contributed by atoms with van der Waals surface area (Å²) in [5.74, 6) is -3.31. The van der Waals surface area contributed by atoms with Crippen LogP contribution in [0.2, 0.25) is 0 Å². The number of aromatic hydroxyl groups is 1. The lowest BCUT2D eigenvalue weighted by molar-refractivity contribution is -0.159. The molecule has 0 atom stereocenters. The van der Waals surface area contributed by atoms with Crippen molar-refractivity contribution in [3.8, 4) is 5.75 Å². The number of phenols is 1. The first kappa shape index (κ1) is 20.4. The van der Waals surface area contributed by atoms with Gasteiger partial charge in [-0.15, -0.1) is 0 Å². The summed E-state index contributed by atoms with van der Waals surface area (Å²) in [5, 5.41) is 24.1. The first-order valence-electron chi connectivity index (χ1n) is 8.67. The zero-order valence-electron chi connectivity index (χ0n) is 15.0. The average Bonchev–Trinajstić information content (AvgIpc) is 2.66. The van der Waals surface area contributed by atoms with E-state index in [1.54, 1.807) is 12.1 Å². The molecule has 0 radical (unpaired) electrons. The summed E-state index contributed by atoms with van der Waals surface area (Å²) in [7, 11) is 0. The van der Waals surface area contributed by atoms with E-state index in [0.29, 0.717) is 5.75 Å². The highest BCUT2D eigenvalue weighted by Gasteiger charge is 2.16. The van der Waals surface area contributed by atoms with Gasteiger partial charge in [0.2, 0.25) is 0 Å². The van der Waals surface area contributed by atoms with Crippen LogP contribution in [0.5, 0.6) is 5.75 Å². The zero-order valence-corrected chi connectivity index (χ0v) is 15.0. The monoisotopic (exact) mass is 372 g/mol. The molecule has 1 aliphatic heterocycles. The lowest BCUT2D eigenvalue weighted by atomic mass is 10.1. The number of hydrogen-bond acceptors (Lipinski definition) is 5. The number of carboxylic acid groups (broad SMARTS) is 2. The Labute approximate surface area is 158 Å². The van der Waals surface area contributed by atoms with Crippen LogP contribution in [-0.2, 0) is 22.7 Å². The molecule has 1 fully saturated rings. The van der Waals surface area contributed by atoms with Gasteiger partial charge in [0.25, 0.3) is 0 Å². The van der Waals surface area contributed by atoms with Gasteiger partial charge >= 0.3 is 11.9 Å². The number of piperazine rings is 1. The summed E-state index contributed by atoms with van der Waals surface area (Å²) in [5.41, 5.74) is 2.66. The van der Waals surface area contributed by atoms with Gasteiger partial charge in [-0.2, -0.15) is 0 Å². The first-order valence-corrected chi connectivity index (χ1v) is 8.67. The van der Waals surface area contributed by atoms with E-state index in [9.17, 15) is 5.11 Å². The van der Waals surface area contributed by atoms with Gasteiger partial charge < -0.3 is 15.3 Å². The van der Waals surface area contributed by atoms with Crippen LogP contribution < -0.4 is 0 Å². The molecule has 3 N–H and O–H groups in total. The maximum Gasteiger partial charge on any atom is 0.414 e. The molecule has 0 aromatic heterocycles. The van der Waals surface area contributed by atoms with E-state index in [2.05, 4.69) is 40.1 Å². The van der Waals surface area contributed by atoms with Crippen LogP contribution in [0.4, 0.5) is 0 Å². The first-order chi connectivity index (χ1) is 12.9. The summed E-state index contributed by atoms with van der Waals surface area (Å²) in [4.78, 5) is 23.2. The minimum atomic E-state index is -1.82. The predicted molar refractivity (Wildman–Crippen MR) is 100 cm³/mol. The van der Waals surface area contributed by atoms with Gasteiger partial charge in [-0.25, -0.2) is 9.59 Å². The molecule has 2 aromatic carbocycles. The summed E-state index contributed by atoms with van der Waals surface area (Å²) in [6.45, 7) is 6.47. The SMILES string of the molecule is O=C(O)C(=O)O.Oc1ccc(CN2CCN(Cc3ccccc3)CC2)cc1. The molecule has 1 aliphatic rings. The van der Waals surface area contributed by atoms with Crippen molar-refractivity contribution in [2.75, 3.05) is 26.2 Å². The minimum Gasteiger partial charge on any atom is -0.508 e. The fraction of sp³-hybridized carbons (Fsp3) is 0.300. The summed E-state index contributed by atoms with van der Waals surface area (Å²) >= 11 is 0. The number of carboxylic acids is 2. The molecule has 0 aliphatic carbocycles. The van der Waals surface area contributed by atoms with E-state index in [0.717, 1.165) is 39.3 Å². The van der Waals surface area contributed by atoms with Crippen LogP contribution in [-0.4, -0.2) is 63.2 Å². The van der Waals surface area contributed by atoms with E-state index in [1.807, 2.05) is 12.1 Å². The summed E-state index contributed by atoms with van der Waals surface area (Å²) < 4.78 is 0. The molecule has 3 rings (SSSR count). The molecule has 0 bridgehead atoms. The van der Waals surface area contributed by atoms with Crippen molar-refractivity contribution in [1.82, 2.24) is 9.80 Å². The van der Waals surface area contributed by atoms with Gasteiger partial charge in [-0.3, -0.25) is 9.80 Å². The number of aliphatic carboxylic acids is 2. The Kier molecular flexibility index (Phi) is 7.79. The Morgan fingerprint density at radius 3 is 1.52 bits per heavy atom. The molecular weight excluding hydrogens is 348 g/mol. The van der Waals surface area contributed by atoms with Crippen molar-refractivity contribution < 1.29 is 24.9 Å². The number of benzene rings is 2. The van der Waals surface area contributed by atoms with E-state index in [-0.39, 0.29) is 0 Å². The predicted octanol–water partition coefficient (Wildman–Crippen LogP) is 1.87. The second-order valence-electron chi connectivity index (χ2n) is 6.31. The number of carbonyl (C=O) groups is 2. The molecule has 0 saturated carbocycles. The van der Waals surface area contributed by atoms with E-state index in [1.165, 1.54) is 11.1 Å². The summed E-state index contributed by atoms with van der Waals surface area (Å²) in [6, 6.07) is 18.2. The van der Waals surface area contributed by atoms with Crippen molar-refractivity contribution >= 4 is 11.9 Å². The van der Waals surface area contributed by atoms with Crippen molar-refractivity contribution in [3.63, 3.8) is 0 Å². The molecule has 144 valence electrons. The number of phenolic OH excluding ortho intramolecular Hbond substituents is 1. The smallest absolute Gasteiger partial charge is 0.414 e. The molecule has 1 heterocycles. The third-order valence-corrected chi connectivity index (χ3v) is 4.24. The molecule has 0 spiro atoms. The molecule has 27 heavy (non-hydrogen) atoms. The van der Waals surface area contributed by atoms with Crippen LogP contribution >= 0.6 is 0 Å². The zero-order chi connectivity index (χ0) is 19.6. The van der Waals surface area contributed by atoms with Gasteiger partial charge in [0.05, 0.1) is 0 Å². The fourth-order valence-corrected chi connectivity index (χ4v) is 2.81. The largest absolute Gasteiger partial charge is 0.508 e. The van der Waals surface area contributed by atoms with E-state index >= 15 is 0 Å². The van der Waals surface area contributed by atoms with Crippen LogP contribution in [0.25, 0.3) is 0 Å². The van der Waals surface area contributed by atoms with Crippen LogP contribution in [0.1, 0.15) is 11.1 Å². The highest BCUT2D eigenvalue weighted by atomic mass is 16.4. The van der Waals surface area contributed by atoms with Crippen molar-refractivity contribution in [3.05, 3.63) is 65.7 Å². The molecule has 2 aromatic rings. The van der Waals surface area contributed by atoms with Gasteiger partial charge in [-0.1, -0.05) is 42.5 Å². The molecule has 0 amide bonds. The Morgan fingerprint density at radius 2 is 1.11 bits per heavy atom.